The molecule has 94 valence electrons. The van der Waals surface area contributed by atoms with Gasteiger partial charge in [0.25, 0.3) is 0 Å². The van der Waals surface area contributed by atoms with Crippen LogP contribution in [0.2, 0.25) is 0 Å². The number of hydrogen-bond acceptors (Lipinski definition) is 2. The molecule has 1 aliphatic heterocycles. The second-order valence-electron chi connectivity index (χ2n) is 4.31. The van der Waals surface area contributed by atoms with Crippen LogP contribution in [0, 0.1) is 5.82 Å². The summed E-state index contributed by atoms with van der Waals surface area (Å²) >= 11 is 9.20. The first kappa shape index (κ1) is 13.1. The molecule has 0 aliphatic carbocycles. The minimum Gasteiger partial charge on any atom is -0.350 e. The molecule has 0 saturated carbocycles. The van der Waals surface area contributed by atoms with Crippen LogP contribution in [0.3, 0.4) is 0 Å². The quantitative estimate of drug-likeness (QED) is 0.766. The number of hydrogen-bond donors (Lipinski definition) is 0. The molecule has 1 atom stereocenters. The third-order valence-electron chi connectivity index (χ3n) is 3.12. The summed E-state index contributed by atoms with van der Waals surface area (Å²) in [6.07, 6.45) is 6.06. The second-order valence-corrected chi connectivity index (χ2v) is 5.53. The lowest BCUT2D eigenvalue weighted by atomic mass is 10.1. The van der Waals surface area contributed by atoms with E-state index in [0.717, 1.165) is 25.8 Å². The molecule has 17 heavy (non-hydrogen) atoms. The summed E-state index contributed by atoms with van der Waals surface area (Å²) in [7, 11) is 0. The van der Waals surface area contributed by atoms with Crippen molar-refractivity contribution in [2.24, 2.45) is 0 Å². The summed E-state index contributed by atoms with van der Waals surface area (Å²) in [5.74, 6) is 0.675. The summed E-state index contributed by atoms with van der Waals surface area (Å²) in [4.78, 5) is 6.20. The number of anilines is 1. The summed E-state index contributed by atoms with van der Waals surface area (Å²) in [5, 5.41) is 0. The molecule has 1 aliphatic rings. The van der Waals surface area contributed by atoms with Crippen LogP contribution in [0.1, 0.15) is 25.7 Å². The van der Waals surface area contributed by atoms with E-state index in [0.29, 0.717) is 16.2 Å². The topological polar surface area (TPSA) is 16.1 Å². The first-order valence-electron chi connectivity index (χ1n) is 5.86. The molecule has 0 amide bonds. The zero-order chi connectivity index (χ0) is 12.3. The van der Waals surface area contributed by atoms with Gasteiger partial charge in [0, 0.05) is 29.1 Å². The molecule has 5 heteroatoms. The van der Waals surface area contributed by atoms with Gasteiger partial charge in [0.15, 0.2) is 11.6 Å². The average Bonchev–Trinajstić information content (AvgIpc) is 2.54. The molecule has 0 aromatic carbocycles. The molecule has 0 bridgehead atoms. The fraction of sp³-hybridized carbons (Fsp3) is 0.583. The molecule has 0 radical (unpaired) electrons. The maximum atomic E-state index is 13.9. The lowest BCUT2D eigenvalue weighted by Gasteiger charge is -2.29. The number of pyridine rings is 1. The Labute approximate surface area is 114 Å². The van der Waals surface area contributed by atoms with Gasteiger partial charge in [-0.2, -0.15) is 0 Å². The Morgan fingerprint density at radius 1 is 1.47 bits per heavy atom. The van der Waals surface area contributed by atoms with Crippen molar-refractivity contribution >= 4 is 33.3 Å². The Morgan fingerprint density at radius 2 is 2.29 bits per heavy atom. The Hall–Kier alpha value is -0.350. The van der Waals surface area contributed by atoms with Gasteiger partial charge in [0.05, 0.1) is 0 Å². The summed E-state index contributed by atoms with van der Waals surface area (Å²) < 4.78 is 14.6. The number of halogens is 3. The number of alkyl halides is 1. The fourth-order valence-electron chi connectivity index (χ4n) is 2.24. The zero-order valence-electron chi connectivity index (χ0n) is 9.50. The van der Waals surface area contributed by atoms with Crippen LogP contribution in [-0.4, -0.2) is 23.5 Å². The molecule has 1 aromatic heterocycles. The zero-order valence-corrected chi connectivity index (χ0v) is 11.8. The third-order valence-corrected chi connectivity index (χ3v) is 3.91. The minimum atomic E-state index is -0.281. The number of aromatic nitrogens is 1. The highest BCUT2D eigenvalue weighted by Gasteiger charge is 2.23. The van der Waals surface area contributed by atoms with Crippen LogP contribution in [0.25, 0.3) is 0 Å². The summed E-state index contributed by atoms with van der Waals surface area (Å²) in [6, 6.07) is 1.65. The largest absolute Gasteiger partial charge is 0.350 e. The first-order valence-corrected chi connectivity index (χ1v) is 7.19. The predicted molar refractivity (Wildman–Crippen MR) is 72.2 cm³/mol. The minimum absolute atomic E-state index is 0.197. The molecule has 2 heterocycles. The second kappa shape index (κ2) is 6.01. The maximum absolute atomic E-state index is 13.9. The van der Waals surface area contributed by atoms with Crippen molar-refractivity contribution < 1.29 is 4.39 Å². The molecule has 1 fully saturated rings. The van der Waals surface area contributed by atoms with Crippen LogP contribution in [-0.2, 0) is 0 Å². The van der Waals surface area contributed by atoms with Crippen molar-refractivity contribution in [1.29, 1.82) is 0 Å². The van der Waals surface area contributed by atoms with Crippen molar-refractivity contribution in [1.82, 2.24) is 4.98 Å². The smallest absolute Gasteiger partial charge is 0.166 e. The molecule has 0 N–H and O–H groups in total. The van der Waals surface area contributed by atoms with E-state index in [-0.39, 0.29) is 11.9 Å². The van der Waals surface area contributed by atoms with Crippen molar-refractivity contribution in [3.05, 3.63) is 22.6 Å². The highest BCUT2D eigenvalue weighted by Crippen LogP contribution is 2.26. The third kappa shape index (κ3) is 3.10. The first-order chi connectivity index (χ1) is 8.22. The van der Waals surface area contributed by atoms with E-state index in [1.807, 2.05) is 4.90 Å². The molecule has 1 unspecified atom stereocenters. The van der Waals surface area contributed by atoms with Gasteiger partial charge in [0.2, 0.25) is 0 Å². The molecular formula is C12H15BrClFN2. The van der Waals surface area contributed by atoms with E-state index in [9.17, 15) is 4.39 Å². The summed E-state index contributed by atoms with van der Waals surface area (Å²) in [6.45, 7) is 0.836. The van der Waals surface area contributed by atoms with E-state index in [1.54, 1.807) is 6.20 Å². The fourth-order valence-corrected chi connectivity index (χ4v) is 2.86. The van der Waals surface area contributed by atoms with Gasteiger partial charge < -0.3 is 4.90 Å². The van der Waals surface area contributed by atoms with Crippen molar-refractivity contribution in [3.8, 4) is 0 Å². The monoisotopic (exact) mass is 320 g/mol. The van der Waals surface area contributed by atoms with Gasteiger partial charge in [-0.05, 0) is 34.8 Å². The number of rotatable bonds is 2. The Bertz CT molecular complexity index is 389. The average molecular weight is 322 g/mol. The predicted octanol–water partition coefficient (Wildman–Crippen LogP) is 3.97. The van der Waals surface area contributed by atoms with Gasteiger partial charge in [-0.15, -0.1) is 11.6 Å². The van der Waals surface area contributed by atoms with Gasteiger partial charge >= 0.3 is 0 Å². The Morgan fingerprint density at radius 3 is 3.00 bits per heavy atom. The normalized spacial score (nSPS) is 21.4. The molecule has 1 saturated heterocycles. The van der Waals surface area contributed by atoms with Gasteiger partial charge in [-0.25, -0.2) is 9.37 Å². The highest BCUT2D eigenvalue weighted by atomic mass is 79.9. The van der Waals surface area contributed by atoms with E-state index < -0.39 is 0 Å². The Kier molecular flexibility index (Phi) is 4.62. The maximum Gasteiger partial charge on any atom is 0.166 e. The standard InChI is InChI=1S/C12H15BrClFN2/c13-9-6-11(15)12(16-8-9)17-5-3-1-2-4-10(17)7-14/h6,8,10H,1-5,7H2. The van der Waals surface area contributed by atoms with Crippen molar-refractivity contribution in [2.75, 3.05) is 17.3 Å². The number of nitrogens with zero attached hydrogens (tertiary/aromatic N) is 2. The van der Waals surface area contributed by atoms with Gasteiger partial charge in [0.1, 0.15) is 0 Å². The van der Waals surface area contributed by atoms with E-state index in [4.69, 9.17) is 11.6 Å². The van der Waals surface area contributed by atoms with Crippen molar-refractivity contribution in [3.63, 3.8) is 0 Å². The molecule has 2 rings (SSSR count). The van der Waals surface area contributed by atoms with Gasteiger partial charge in [-0.3, -0.25) is 0 Å². The van der Waals surface area contributed by atoms with Crippen LogP contribution in [0.15, 0.2) is 16.7 Å². The van der Waals surface area contributed by atoms with Crippen LogP contribution in [0.5, 0.6) is 0 Å². The van der Waals surface area contributed by atoms with E-state index in [2.05, 4.69) is 20.9 Å². The molecular weight excluding hydrogens is 307 g/mol. The van der Waals surface area contributed by atoms with Crippen LogP contribution >= 0.6 is 27.5 Å². The highest BCUT2D eigenvalue weighted by molar-refractivity contribution is 9.10. The van der Waals surface area contributed by atoms with E-state index >= 15 is 0 Å². The SMILES string of the molecule is Fc1cc(Br)cnc1N1CCCCCC1CCl. The lowest BCUT2D eigenvalue weighted by molar-refractivity contribution is 0.573. The lowest BCUT2D eigenvalue weighted by Crippen LogP contribution is -2.37. The molecule has 2 nitrogen and oxygen atoms in total. The van der Waals surface area contributed by atoms with Crippen molar-refractivity contribution in [2.45, 2.75) is 31.7 Å². The molecule has 0 spiro atoms. The summed E-state index contributed by atoms with van der Waals surface area (Å²) in [5.41, 5.74) is 0. The van der Waals surface area contributed by atoms with E-state index in [1.165, 1.54) is 12.5 Å². The van der Waals surface area contributed by atoms with Crippen LogP contribution < -0.4 is 4.90 Å². The Balaban J connectivity index is 2.28. The van der Waals surface area contributed by atoms with Gasteiger partial charge in [-0.1, -0.05) is 12.8 Å². The molecule has 1 aromatic rings. The van der Waals surface area contributed by atoms with Crippen LogP contribution in [0.4, 0.5) is 10.2 Å².